The molecule has 0 heterocycles. The van der Waals surface area contributed by atoms with Crippen LogP contribution in [0.2, 0.25) is 0 Å². The number of hydrogen-bond acceptors (Lipinski definition) is 6. The predicted molar refractivity (Wildman–Crippen MR) is 131 cm³/mol. The lowest BCUT2D eigenvalue weighted by Crippen LogP contribution is -2.51. The number of rotatable bonds is 10. The van der Waals surface area contributed by atoms with Crippen LogP contribution in [-0.2, 0) is 30.7 Å². The van der Waals surface area contributed by atoms with E-state index in [1.54, 1.807) is 0 Å². The summed E-state index contributed by atoms with van der Waals surface area (Å²) >= 11 is 0. The monoisotopic (exact) mass is 492 g/mol. The summed E-state index contributed by atoms with van der Waals surface area (Å²) in [5, 5.41) is 0. The fraction of sp³-hybridized carbons (Fsp3) is 0.696. The van der Waals surface area contributed by atoms with Gasteiger partial charge in [0.1, 0.15) is 18.8 Å². The zero-order valence-corrected chi connectivity index (χ0v) is 22.3. The highest BCUT2D eigenvalue weighted by Gasteiger charge is 2.34. The summed E-state index contributed by atoms with van der Waals surface area (Å²) in [5.74, 6) is -0.539. The van der Waals surface area contributed by atoms with Gasteiger partial charge >= 0.3 is 5.97 Å². The molecule has 0 fully saturated rings. The van der Waals surface area contributed by atoms with Gasteiger partial charge in [0, 0.05) is 12.1 Å². The Labute approximate surface area is 200 Å². The van der Waals surface area contributed by atoms with Gasteiger partial charge in [-0.1, -0.05) is 51.1 Å². The molecule has 32 heavy (non-hydrogen) atoms. The molecular formula is C23H41ClN2O5S. The number of ether oxygens (including phenoxy) is 2. The normalized spacial score (nSPS) is 15.6. The molecule has 0 aliphatic carbocycles. The second-order valence-corrected chi connectivity index (χ2v) is 12.1. The van der Waals surface area contributed by atoms with Gasteiger partial charge in [-0.05, 0) is 45.1 Å². The van der Waals surface area contributed by atoms with E-state index in [0.29, 0.717) is 6.42 Å². The quantitative estimate of drug-likeness (QED) is 0.502. The summed E-state index contributed by atoms with van der Waals surface area (Å²) in [6, 6.07) is 8.66. The van der Waals surface area contributed by atoms with Crippen molar-refractivity contribution >= 4 is 28.4 Å². The molecule has 0 amide bonds. The largest absolute Gasteiger partial charge is 0.462 e. The van der Waals surface area contributed by atoms with Crippen LogP contribution in [0.1, 0.15) is 54.0 Å². The van der Waals surface area contributed by atoms with Crippen molar-refractivity contribution in [2.24, 2.45) is 11.1 Å². The molecule has 2 N–H and O–H groups in total. The van der Waals surface area contributed by atoms with Crippen molar-refractivity contribution < 1.29 is 22.7 Å². The molecule has 0 spiro atoms. The zero-order valence-electron chi connectivity index (χ0n) is 20.6. The van der Waals surface area contributed by atoms with E-state index in [4.69, 9.17) is 15.2 Å². The molecule has 186 valence electrons. The Balaban J connectivity index is 0.00000961. The number of nitrogens with zero attached hydrogens (tertiary/aromatic N) is 1. The Kier molecular flexibility index (Phi) is 11.9. The first-order valence-corrected chi connectivity index (χ1v) is 12.5. The minimum absolute atomic E-state index is 0. The van der Waals surface area contributed by atoms with E-state index in [2.05, 4.69) is 0 Å². The van der Waals surface area contributed by atoms with E-state index in [-0.39, 0.29) is 37.1 Å². The van der Waals surface area contributed by atoms with Crippen LogP contribution in [0.3, 0.4) is 0 Å². The minimum atomic E-state index is -3.50. The van der Waals surface area contributed by atoms with Crippen LogP contribution in [0.25, 0.3) is 0 Å². The van der Waals surface area contributed by atoms with Crippen molar-refractivity contribution in [3.8, 4) is 0 Å². The molecule has 9 heteroatoms. The third kappa shape index (κ3) is 10.6. The highest BCUT2D eigenvalue weighted by Crippen LogP contribution is 2.25. The molecule has 1 rings (SSSR count). The number of nitrogens with two attached hydrogens (primary N) is 1. The number of benzene rings is 1. The molecule has 0 unspecified atom stereocenters. The molecule has 1 aromatic rings. The maximum atomic E-state index is 12.5. The van der Waals surface area contributed by atoms with Gasteiger partial charge in [0.15, 0.2) is 0 Å². The highest BCUT2D eigenvalue weighted by molar-refractivity contribution is 7.88. The Bertz CT molecular complexity index is 804. The molecule has 1 aromatic carbocycles. The standard InChI is InChI=1S/C23H40N2O5S.ClH/c1-17(22(2,3)4)30-19(15-25(23(5,6)7)31(8,27)28)16-29-21(26)20(24)14-18-12-10-9-11-13-18;/h9-13,17,19-20H,14-16,24H2,1-8H3;1H/t17-,19-,20-;/m0./s1. The van der Waals surface area contributed by atoms with Gasteiger partial charge in [0.05, 0.1) is 12.4 Å². The third-order valence-electron chi connectivity index (χ3n) is 5.15. The topological polar surface area (TPSA) is 98.9 Å². The highest BCUT2D eigenvalue weighted by atomic mass is 35.5. The van der Waals surface area contributed by atoms with Crippen molar-refractivity contribution in [3.63, 3.8) is 0 Å². The first-order chi connectivity index (χ1) is 14.0. The summed E-state index contributed by atoms with van der Waals surface area (Å²) in [7, 11) is -3.50. The Morgan fingerprint density at radius 2 is 1.62 bits per heavy atom. The zero-order chi connectivity index (χ0) is 24.0. The molecule has 7 nitrogen and oxygen atoms in total. The maximum absolute atomic E-state index is 12.5. The van der Waals surface area contributed by atoms with Crippen LogP contribution in [0, 0.1) is 5.41 Å². The van der Waals surface area contributed by atoms with Crippen LogP contribution < -0.4 is 5.73 Å². The van der Waals surface area contributed by atoms with Gasteiger partial charge < -0.3 is 15.2 Å². The summed E-state index contributed by atoms with van der Waals surface area (Å²) in [5.41, 5.74) is 6.16. The molecule has 0 bridgehead atoms. The van der Waals surface area contributed by atoms with Gasteiger partial charge in [-0.15, -0.1) is 12.4 Å². The first kappa shape index (κ1) is 30.8. The third-order valence-corrected chi connectivity index (χ3v) is 6.64. The Morgan fingerprint density at radius 1 is 1.09 bits per heavy atom. The van der Waals surface area contributed by atoms with Gasteiger partial charge in [-0.2, -0.15) is 4.31 Å². The Morgan fingerprint density at radius 3 is 2.06 bits per heavy atom. The average Bonchev–Trinajstić information content (AvgIpc) is 2.61. The van der Waals surface area contributed by atoms with Crippen molar-refractivity contribution in [3.05, 3.63) is 35.9 Å². The van der Waals surface area contributed by atoms with Crippen molar-refractivity contribution in [2.75, 3.05) is 19.4 Å². The maximum Gasteiger partial charge on any atom is 0.323 e. The Hall–Kier alpha value is -1.19. The number of esters is 1. The van der Waals surface area contributed by atoms with E-state index in [9.17, 15) is 13.2 Å². The molecule has 0 radical (unpaired) electrons. The summed E-state index contributed by atoms with van der Waals surface area (Å²) in [6.07, 6.45) is 0.720. The summed E-state index contributed by atoms with van der Waals surface area (Å²) in [6.45, 7) is 13.5. The van der Waals surface area contributed by atoms with E-state index in [1.807, 2.05) is 78.8 Å². The lowest BCUT2D eigenvalue weighted by atomic mass is 9.90. The van der Waals surface area contributed by atoms with Crippen LogP contribution in [0.15, 0.2) is 30.3 Å². The minimum Gasteiger partial charge on any atom is -0.462 e. The second-order valence-electron chi connectivity index (χ2n) is 10.2. The lowest BCUT2D eigenvalue weighted by molar-refractivity contribution is -0.153. The second kappa shape index (κ2) is 12.3. The van der Waals surface area contributed by atoms with Gasteiger partial charge in [0.2, 0.25) is 10.0 Å². The smallest absolute Gasteiger partial charge is 0.323 e. The van der Waals surface area contributed by atoms with Crippen molar-refractivity contribution in [2.45, 2.75) is 78.7 Å². The van der Waals surface area contributed by atoms with Gasteiger partial charge in [0.25, 0.3) is 0 Å². The summed E-state index contributed by atoms with van der Waals surface area (Å²) < 4.78 is 37.8. The number of sulfonamides is 1. The van der Waals surface area contributed by atoms with Crippen molar-refractivity contribution in [1.82, 2.24) is 4.31 Å². The SMILES string of the molecule is C[C@H](O[C@H](COC(=O)[C@@H](N)Cc1ccccc1)CN(C(C)(C)C)S(C)(=O)=O)C(C)(C)C.Cl. The van der Waals surface area contributed by atoms with Crippen LogP contribution >= 0.6 is 12.4 Å². The summed E-state index contributed by atoms with van der Waals surface area (Å²) in [4.78, 5) is 12.5. The molecule has 0 aromatic heterocycles. The molecular weight excluding hydrogens is 452 g/mol. The van der Waals surface area contributed by atoms with Crippen LogP contribution in [-0.4, -0.2) is 61.9 Å². The molecule has 0 aliphatic heterocycles. The fourth-order valence-electron chi connectivity index (χ4n) is 2.95. The van der Waals surface area contributed by atoms with Crippen LogP contribution in [0.4, 0.5) is 0 Å². The van der Waals surface area contributed by atoms with E-state index >= 15 is 0 Å². The van der Waals surface area contributed by atoms with Crippen LogP contribution in [0.5, 0.6) is 0 Å². The molecule has 0 saturated carbocycles. The molecule has 0 aliphatic rings. The van der Waals surface area contributed by atoms with E-state index in [1.165, 1.54) is 10.6 Å². The number of hydrogen-bond donors (Lipinski definition) is 1. The number of carbonyl (C=O) groups is 1. The average molecular weight is 493 g/mol. The van der Waals surface area contributed by atoms with Gasteiger partial charge in [-0.25, -0.2) is 8.42 Å². The molecule has 0 saturated heterocycles. The van der Waals surface area contributed by atoms with E-state index in [0.717, 1.165) is 5.56 Å². The fourth-order valence-corrected chi connectivity index (χ4v) is 4.38. The predicted octanol–water partition coefficient (Wildman–Crippen LogP) is 3.40. The lowest BCUT2D eigenvalue weighted by Gasteiger charge is -2.38. The number of halogens is 1. The number of carbonyl (C=O) groups excluding carboxylic acids is 1. The van der Waals surface area contributed by atoms with Crippen molar-refractivity contribution in [1.29, 1.82) is 0 Å². The van der Waals surface area contributed by atoms with Gasteiger partial charge in [-0.3, -0.25) is 4.79 Å². The first-order valence-electron chi connectivity index (χ1n) is 10.6. The molecule has 3 atom stereocenters. The van der Waals surface area contributed by atoms with E-state index < -0.39 is 33.7 Å².